The standard InChI is InChI=1S/C6H5N3O/c10-6-2-3-7-5-1-4-8-9(5)6/h1-4,10H. The number of aromatic nitrogens is 3. The van der Waals surface area contributed by atoms with Crippen LogP contribution in [-0.2, 0) is 0 Å². The maximum Gasteiger partial charge on any atom is 0.215 e. The van der Waals surface area contributed by atoms with Crippen molar-refractivity contribution in [2.24, 2.45) is 0 Å². The molecule has 0 amide bonds. The van der Waals surface area contributed by atoms with Crippen LogP contribution in [0, 0.1) is 0 Å². The van der Waals surface area contributed by atoms with E-state index in [1.807, 2.05) is 0 Å². The summed E-state index contributed by atoms with van der Waals surface area (Å²) < 4.78 is 1.36. The Balaban J connectivity index is 2.95. The number of nitrogens with zero attached hydrogens (tertiary/aromatic N) is 3. The minimum atomic E-state index is 0.106. The lowest BCUT2D eigenvalue weighted by Gasteiger charge is -1.92. The summed E-state index contributed by atoms with van der Waals surface area (Å²) in [5.74, 6) is 0.106. The predicted molar refractivity (Wildman–Crippen MR) is 34.7 cm³/mol. The summed E-state index contributed by atoms with van der Waals surface area (Å²) in [6.07, 6.45) is 3.12. The van der Waals surface area contributed by atoms with Crippen LogP contribution in [0.4, 0.5) is 0 Å². The molecule has 0 aromatic carbocycles. The zero-order valence-corrected chi connectivity index (χ0v) is 5.10. The molecule has 4 nitrogen and oxygen atoms in total. The first kappa shape index (κ1) is 5.22. The molecule has 10 heavy (non-hydrogen) atoms. The maximum absolute atomic E-state index is 9.12. The molecule has 2 aromatic rings. The molecule has 0 radical (unpaired) electrons. The van der Waals surface area contributed by atoms with Gasteiger partial charge in [-0.2, -0.15) is 9.61 Å². The van der Waals surface area contributed by atoms with E-state index >= 15 is 0 Å². The highest BCUT2D eigenvalue weighted by atomic mass is 16.3. The van der Waals surface area contributed by atoms with Gasteiger partial charge in [-0.1, -0.05) is 0 Å². The Hall–Kier alpha value is -1.58. The largest absolute Gasteiger partial charge is 0.493 e. The molecule has 0 bridgehead atoms. The zero-order chi connectivity index (χ0) is 6.97. The first-order chi connectivity index (χ1) is 4.88. The van der Waals surface area contributed by atoms with Crippen LogP contribution >= 0.6 is 0 Å². The molecule has 0 saturated heterocycles. The molecule has 4 heteroatoms. The number of hydrogen-bond acceptors (Lipinski definition) is 3. The summed E-state index contributed by atoms with van der Waals surface area (Å²) in [5.41, 5.74) is 0.653. The third kappa shape index (κ3) is 0.556. The summed E-state index contributed by atoms with van der Waals surface area (Å²) in [6.45, 7) is 0. The quantitative estimate of drug-likeness (QED) is 0.570. The summed E-state index contributed by atoms with van der Waals surface area (Å²) >= 11 is 0. The van der Waals surface area contributed by atoms with E-state index in [9.17, 15) is 0 Å². The van der Waals surface area contributed by atoms with Gasteiger partial charge >= 0.3 is 0 Å². The van der Waals surface area contributed by atoms with Gasteiger partial charge in [0.1, 0.15) is 0 Å². The molecule has 2 heterocycles. The molecule has 0 unspecified atom stereocenters. The molecule has 1 N–H and O–H groups in total. The maximum atomic E-state index is 9.12. The van der Waals surface area contributed by atoms with Crippen molar-refractivity contribution in [3.8, 4) is 5.88 Å². The molecular formula is C6H5N3O. The fraction of sp³-hybridized carbons (Fsp3) is 0. The van der Waals surface area contributed by atoms with Crippen LogP contribution in [0.2, 0.25) is 0 Å². The van der Waals surface area contributed by atoms with Gasteiger partial charge in [-0.05, 0) is 0 Å². The second-order valence-corrected chi connectivity index (χ2v) is 1.90. The van der Waals surface area contributed by atoms with Crippen molar-refractivity contribution < 1.29 is 5.11 Å². The van der Waals surface area contributed by atoms with Crippen molar-refractivity contribution in [2.45, 2.75) is 0 Å². The van der Waals surface area contributed by atoms with Gasteiger partial charge in [0, 0.05) is 18.3 Å². The molecule has 0 aliphatic rings. The highest BCUT2D eigenvalue weighted by molar-refractivity contribution is 5.37. The number of fused-ring (bicyclic) bond motifs is 1. The number of hydrogen-bond donors (Lipinski definition) is 1. The van der Waals surface area contributed by atoms with Crippen molar-refractivity contribution in [1.82, 2.24) is 14.6 Å². The SMILES string of the molecule is Oc1ccnc2ccnn12. The molecule has 0 spiro atoms. The molecule has 50 valence electrons. The average Bonchev–Trinajstić information content (AvgIpc) is 2.36. The van der Waals surface area contributed by atoms with E-state index in [0.29, 0.717) is 5.65 Å². The highest BCUT2D eigenvalue weighted by Gasteiger charge is 1.96. The van der Waals surface area contributed by atoms with E-state index in [-0.39, 0.29) is 5.88 Å². The van der Waals surface area contributed by atoms with Crippen molar-refractivity contribution in [3.05, 3.63) is 24.5 Å². The van der Waals surface area contributed by atoms with Crippen LogP contribution in [0.3, 0.4) is 0 Å². The predicted octanol–water partition coefficient (Wildman–Crippen LogP) is 0.435. The summed E-state index contributed by atoms with van der Waals surface area (Å²) in [5, 5.41) is 12.9. The van der Waals surface area contributed by atoms with E-state index in [2.05, 4.69) is 10.1 Å². The van der Waals surface area contributed by atoms with Gasteiger partial charge < -0.3 is 5.11 Å². The summed E-state index contributed by atoms with van der Waals surface area (Å²) in [7, 11) is 0. The Morgan fingerprint density at radius 1 is 1.30 bits per heavy atom. The molecular weight excluding hydrogens is 130 g/mol. The Bertz CT molecular complexity index is 355. The third-order valence-electron chi connectivity index (χ3n) is 1.27. The highest BCUT2D eigenvalue weighted by Crippen LogP contribution is 2.07. The van der Waals surface area contributed by atoms with Crippen molar-refractivity contribution in [1.29, 1.82) is 0 Å². The van der Waals surface area contributed by atoms with Gasteiger partial charge in [0.15, 0.2) is 5.65 Å². The molecule has 0 aliphatic heterocycles. The van der Waals surface area contributed by atoms with Gasteiger partial charge in [-0.15, -0.1) is 0 Å². The molecule has 0 aliphatic carbocycles. The lowest BCUT2D eigenvalue weighted by atomic mass is 10.6. The first-order valence-corrected chi connectivity index (χ1v) is 2.85. The third-order valence-corrected chi connectivity index (χ3v) is 1.27. The van der Waals surface area contributed by atoms with E-state index in [4.69, 9.17) is 5.11 Å². The Morgan fingerprint density at radius 3 is 3.00 bits per heavy atom. The van der Waals surface area contributed by atoms with Crippen LogP contribution in [0.1, 0.15) is 0 Å². The molecule has 0 fully saturated rings. The van der Waals surface area contributed by atoms with Gasteiger partial charge in [0.25, 0.3) is 0 Å². The topological polar surface area (TPSA) is 50.4 Å². The van der Waals surface area contributed by atoms with Gasteiger partial charge in [0.05, 0.1) is 6.20 Å². The van der Waals surface area contributed by atoms with Gasteiger partial charge in [0.2, 0.25) is 5.88 Å². The monoisotopic (exact) mass is 135 g/mol. The molecule has 2 aromatic heterocycles. The minimum Gasteiger partial charge on any atom is -0.493 e. The lowest BCUT2D eigenvalue weighted by Crippen LogP contribution is -1.88. The van der Waals surface area contributed by atoms with Crippen LogP contribution in [-0.4, -0.2) is 19.7 Å². The number of rotatable bonds is 0. The van der Waals surface area contributed by atoms with Gasteiger partial charge in [-0.3, -0.25) is 0 Å². The second-order valence-electron chi connectivity index (χ2n) is 1.90. The number of aromatic hydroxyl groups is 1. The van der Waals surface area contributed by atoms with Crippen LogP contribution in [0.5, 0.6) is 5.88 Å². The van der Waals surface area contributed by atoms with Crippen molar-refractivity contribution in [3.63, 3.8) is 0 Å². The molecule has 0 saturated carbocycles. The van der Waals surface area contributed by atoms with Crippen LogP contribution in [0.25, 0.3) is 5.65 Å². The van der Waals surface area contributed by atoms with Crippen molar-refractivity contribution >= 4 is 5.65 Å². The molecule has 0 atom stereocenters. The smallest absolute Gasteiger partial charge is 0.215 e. The zero-order valence-electron chi connectivity index (χ0n) is 5.10. The Kier molecular flexibility index (Phi) is 0.887. The average molecular weight is 135 g/mol. The van der Waals surface area contributed by atoms with E-state index < -0.39 is 0 Å². The first-order valence-electron chi connectivity index (χ1n) is 2.85. The lowest BCUT2D eigenvalue weighted by molar-refractivity contribution is 0.435. The second kappa shape index (κ2) is 1.70. The van der Waals surface area contributed by atoms with Crippen LogP contribution in [0.15, 0.2) is 24.5 Å². The summed E-state index contributed by atoms with van der Waals surface area (Å²) in [6, 6.07) is 3.21. The Morgan fingerprint density at radius 2 is 2.20 bits per heavy atom. The van der Waals surface area contributed by atoms with E-state index in [0.717, 1.165) is 0 Å². The minimum absolute atomic E-state index is 0.106. The van der Waals surface area contributed by atoms with Crippen molar-refractivity contribution in [2.75, 3.05) is 0 Å². The van der Waals surface area contributed by atoms with Gasteiger partial charge in [-0.25, -0.2) is 4.98 Å². The Labute approximate surface area is 56.8 Å². The summed E-state index contributed by atoms with van der Waals surface area (Å²) in [4.78, 5) is 3.94. The van der Waals surface area contributed by atoms with E-state index in [1.165, 1.54) is 16.8 Å². The molecule has 2 rings (SSSR count). The van der Waals surface area contributed by atoms with Crippen LogP contribution < -0.4 is 0 Å². The normalized spacial score (nSPS) is 10.4. The van der Waals surface area contributed by atoms with E-state index in [1.54, 1.807) is 12.3 Å². The fourth-order valence-electron chi connectivity index (χ4n) is 0.822. The fourth-order valence-corrected chi connectivity index (χ4v) is 0.822.